The normalized spacial score (nSPS) is 17.7. The number of fused-ring (bicyclic) bond motifs is 2. The van der Waals surface area contributed by atoms with Crippen LogP contribution >= 0.6 is 22.9 Å². The molecule has 10 heteroatoms. The molecule has 1 N–H and O–H groups in total. The van der Waals surface area contributed by atoms with Crippen LogP contribution in [0.2, 0.25) is 5.02 Å². The second kappa shape index (κ2) is 12.1. The summed E-state index contributed by atoms with van der Waals surface area (Å²) in [5.41, 5.74) is 8.87. The molecule has 2 bridgehead atoms. The van der Waals surface area contributed by atoms with Crippen LogP contribution in [0, 0.1) is 0 Å². The Kier molecular flexibility index (Phi) is 8.24. The van der Waals surface area contributed by atoms with Gasteiger partial charge in [0.05, 0.1) is 42.0 Å². The van der Waals surface area contributed by atoms with Gasteiger partial charge in [-0.1, -0.05) is 42.3 Å². The number of benzene rings is 2. The molecule has 2 unspecified atom stereocenters. The van der Waals surface area contributed by atoms with Crippen molar-refractivity contribution in [1.29, 1.82) is 0 Å². The molecular formula is C33H34ClN5O3S. The van der Waals surface area contributed by atoms with Crippen LogP contribution in [0.3, 0.4) is 0 Å². The number of aromatic nitrogens is 2. The van der Waals surface area contributed by atoms with Crippen molar-refractivity contribution in [2.75, 3.05) is 26.9 Å². The number of hydrogen-bond donors (Lipinski definition) is 1. The Morgan fingerprint density at radius 1 is 1.19 bits per heavy atom. The molecule has 1 amide bonds. The van der Waals surface area contributed by atoms with E-state index in [0.717, 1.165) is 35.4 Å². The summed E-state index contributed by atoms with van der Waals surface area (Å²) < 4.78 is 7.26. The smallest absolute Gasteiger partial charge is 0.265 e. The van der Waals surface area contributed by atoms with E-state index >= 15 is 0 Å². The van der Waals surface area contributed by atoms with Crippen molar-refractivity contribution in [3.63, 3.8) is 0 Å². The fourth-order valence-corrected chi connectivity index (χ4v) is 6.69. The molecule has 6 rings (SSSR count). The van der Waals surface area contributed by atoms with Crippen molar-refractivity contribution in [3.05, 3.63) is 91.7 Å². The Bertz CT molecular complexity index is 1760. The van der Waals surface area contributed by atoms with Crippen LogP contribution < -0.4 is 15.7 Å². The Morgan fingerprint density at radius 2 is 1.98 bits per heavy atom. The number of hydrazine groups is 1. The van der Waals surface area contributed by atoms with Crippen molar-refractivity contribution >= 4 is 34.9 Å². The lowest BCUT2D eigenvalue weighted by atomic mass is 10.0. The number of thiazole rings is 1. The lowest BCUT2D eigenvalue weighted by Crippen LogP contribution is -2.55. The summed E-state index contributed by atoms with van der Waals surface area (Å²) >= 11 is 7.49. The molecule has 4 aromatic rings. The van der Waals surface area contributed by atoms with Gasteiger partial charge in [0.1, 0.15) is 10.8 Å². The first-order valence-electron chi connectivity index (χ1n) is 14.4. The first-order chi connectivity index (χ1) is 20.7. The number of rotatable bonds is 7. The minimum atomic E-state index is -0.242. The number of aryl methyl sites for hydroxylation is 1. The zero-order chi connectivity index (χ0) is 30.2. The highest BCUT2D eigenvalue weighted by Gasteiger charge is 2.35. The van der Waals surface area contributed by atoms with Crippen molar-refractivity contribution < 1.29 is 9.53 Å². The second-order valence-electron chi connectivity index (χ2n) is 11.2. The van der Waals surface area contributed by atoms with Gasteiger partial charge in [0.25, 0.3) is 11.5 Å². The third kappa shape index (κ3) is 5.78. The fourth-order valence-electron chi connectivity index (χ4n) is 5.73. The molecule has 43 heavy (non-hydrogen) atoms. The Balaban J connectivity index is 1.60. The molecule has 2 saturated heterocycles. The zero-order valence-electron chi connectivity index (χ0n) is 24.7. The van der Waals surface area contributed by atoms with Gasteiger partial charge in [0, 0.05) is 41.2 Å². The highest BCUT2D eigenvalue weighted by atomic mass is 35.5. The molecule has 0 aliphatic carbocycles. The van der Waals surface area contributed by atoms with Crippen LogP contribution in [-0.4, -0.2) is 58.3 Å². The number of pyridine rings is 1. The minimum absolute atomic E-state index is 0.115. The average Bonchev–Trinajstić information content (AvgIpc) is 3.62. The van der Waals surface area contributed by atoms with E-state index < -0.39 is 0 Å². The molecule has 222 valence electrons. The van der Waals surface area contributed by atoms with Gasteiger partial charge in [-0.25, -0.2) is 15.4 Å². The van der Waals surface area contributed by atoms with E-state index in [-0.39, 0.29) is 17.5 Å². The van der Waals surface area contributed by atoms with E-state index in [2.05, 4.69) is 17.4 Å². The molecule has 2 aliphatic heterocycles. The summed E-state index contributed by atoms with van der Waals surface area (Å²) in [4.78, 5) is 35.7. The van der Waals surface area contributed by atoms with Crippen molar-refractivity contribution in [2.45, 2.75) is 39.7 Å². The summed E-state index contributed by atoms with van der Waals surface area (Å²) in [5.74, 6) is 0.516. The monoisotopic (exact) mass is 615 g/mol. The Labute approximate surface area is 260 Å². The van der Waals surface area contributed by atoms with Gasteiger partial charge < -0.3 is 9.64 Å². The lowest BCUT2D eigenvalue weighted by Gasteiger charge is -2.35. The number of hydrogen-bond acceptors (Lipinski definition) is 7. The van der Waals surface area contributed by atoms with E-state index in [1.165, 1.54) is 11.3 Å². The quantitative estimate of drug-likeness (QED) is 0.264. The highest BCUT2D eigenvalue weighted by Crippen LogP contribution is 2.32. The molecular weight excluding hydrogens is 582 g/mol. The number of amides is 1. The van der Waals surface area contributed by atoms with Gasteiger partial charge in [-0.3, -0.25) is 14.2 Å². The number of nitrogens with one attached hydrogen (secondary N) is 1. The fraction of sp³-hybridized carbons (Fsp3) is 0.303. The molecule has 2 aromatic carbocycles. The molecule has 0 radical (unpaired) electrons. The number of halogens is 1. The Hall–Kier alpha value is -3.76. The number of ether oxygens (including phenoxy) is 1. The summed E-state index contributed by atoms with van der Waals surface area (Å²) in [6.07, 6.45) is 3.61. The number of methoxy groups -OCH3 is 1. The number of allylic oxidation sites excluding steroid dienone is 1. The van der Waals surface area contributed by atoms with E-state index in [9.17, 15) is 9.59 Å². The van der Waals surface area contributed by atoms with Crippen LogP contribution in [-0.2, 0) is 6.42 Å². The average molecular weight is 616 g/mol. The number of carbonyl (C=O) groups is 1. The molecule has 2 aliphatic rings. The highest BCUT2D eigenvalue weighted by molar-refractivity contribution is 7.13. The van der Waals surface area contributed by atoms with Crippen LogP contribution in [0.25, 0.3) is 33.6 Å². The van der Waals surface area contributed by atoms with E-state index in [1.54, 1.807) is 17.7 Å². The maximum atomic E-state index is 14.6. The summed E-state index contributed by atoms with van der Waals surface area (Å²) in [6.45, 7) is 7.98. The third-order valence-electron chi connectivity index (χ3n) is 7.87. The van der Waals surface area contributed by atoms with Crippen LogP contribution in [0.5, 0.6) is 5.75 Å². The van der Waals surface area contributed by atoms with Gasteiger partial charge in [-0.05, 0) is 62.6 Å². The Morgan fingerprint density at radius 3 is 2.67 bits per heavy atom. The topological polar surface area (TPSA) is 79.7 Å². The van der Waals surface area contributed by atoms with Gasteiger partial charge in [-0.15, -0.1) is 11.3 Å². The summed E-state index contributed by atoms with van der Waals surface area (Å²) in [7, 11) is 1.61. The van der Waals surface area contributed by atoms with Gasteiger partial charge in [0.15, 0.2) is 0 Å². The van der Waals surface area contributed by atoms with Gasteiger partial charge in [-0.2, -0.15) is 0 Å². The SMILES string of the molecule is CCc1ccc(OC)cc1-n1c(C=C(C)C)c(C(=O)N2CC3CCN(C2)N3)cc(-c2nc(-c3ccc(Cl)cc3)cs2)c1=O. The molecule has 4 heterocycles. The standard InChI is InChI=1S/C33H34ClN5O3S/c1-5-21-8-11-25(42-4)15-29(21)39-30(14-20(2)3)26(32(40)37-17-24-12-13-38(19-37)36-24)16-27(33(39)41)31-35-28(18-43-31)22-6-9-23(34)10-7-22/h6-11,14-16,18,24,36H,5,12-13,17,19H2,1-4H3. The zero-order valence-corrected chi connectivity index (χ0v) is 26.3. The van der Waals surface area contributed by atoms with E-state index in [4.69, 9.17) is 21.3 Å². The molecule has 8 nitrogen and oxygen atoms in total. The first-order valence-corrected chi connectivity index (χ1v) is 15.7. The maximum absolute atomic E-state index is 14.6. The van der Waals surface area contributed by atoms with Crippen LogP contribution in [0.4, 0.5) is 0 Å². The molecule has 2 fully saturated rings. The first kappa shape index (κ1) is 29.3. The number of carbonyl (C=O) groups excluding carboxylic acids is 1. The van der Waals surface area contributed by atoms with E-state index in [0.29, 0.717) is 57.9 Å². The largest absolute Gasteiger partial charge is 0.497 e. The second-order valence-corrected chi connectivity index (χ2v) is 12.5. The lowest BCUT2D eigenvalue weighted by molar-refractivity contribution is 0.0409. The van der Waals surface area contributed by atoms with E-state index in [1.807, 2.05) is 72.7 Å². The summed E-state index contributed by atoms with van der Waals surface area (Å²) in [5, 5.41) is 5.20. The minimum Gasteiger partial charge on any atom is -0.497 e. The van der Waals surface area contributed by atoms with Crippen LogP contribution in [0.15, 0.2) is 64.3 Å². The molecule has 0 spiro atoms. The number of nitrogens with zero attached hydrogens (tertiary/aromatic N) is 4. The molecule has 2 aromatic heterocycles. The van der Waals surface area contributed by atoms with Crippen molar-refractivity contribution in [1.82, 2.24) is 24.9 Å². The molecule has 2 atom stereocenters. The van der Waals surface area contributed by atoms with Gasteiger partial charge >= 0.3 is 0 Å². The summed E-state index contributed by atoms with van der Waals surface area (Å²) in [6, 6.07) is 15.2. The van der Waals surface area contributed by atoms with Crippen LogP contribution in [0.1, 0.15) is 48.8 Å². The van der Waals surface area contributed by atoms with Gasteiger partial charge in [0.2, 0.25) is 0 Å². The predicted octanol–water partition coefficient (Wildman–Crippen LogP) is 6.27. The molecule has 0 saturated carbocycles. The maximum Gasteiger partial charge on any atom is 0.265 e. The third-order valence-corrected chi connectivity index (χ3v) is 8.99. The van der Waals surface area contributed by atoms with Crippen molar-refractivity contribution in [2.24, 2.45) is 0 Å². The predicted molar refractivity (Wildman–Crippen MR) is 173 cm³/mol. The van der Waals surface area contributed by atoms with Crippen molar-refractivity contribution in [3.8, 4) is 33.3 Å².